The number of benzene rings is 2. The highest BCUT2D eigenvalue weighted by Crippen LogP contribution is 2.23. The summed E-state index contributed by atoms with van der Waals surface area (Å²) < 4.78 is 5.47. The van der Waals surface area contributed by atoms with Crippen LogP contribution in [0.2, 0.25) is 0 Å². The van der Waals surface area contributed by atoms with E-state index in [0.717, 1.165) is 16.8 Å². The summed E-state index contributed by atoms with van der Waals surface area (Å²) in [5.74, 6) is -0.327. The molecule has 1 heterocycles. The van der Waals surface area contributed by atoms with Crippen LogP contribution in [0, 0.1) is 6.92 Å². The van der Waals surface area contributed by atoms with Gasteiger partial charge in [0, 0.05) is 25.7 Å². The number of amides is 1. The zero-order valence-electron chi connectivity index (χ0n) is 15.2. The molecule has 1 N–H and O–H groups in total. The number of ether oxygens (including phenoxy) is 1. The minimum absolute atomic E-state index is 0.00546. The maximum Gasteiger partial charge on any atom is 0.329 e. The van der Waals surface area contributed by atoms with Crippen LogP contribution >= 0.6 is 0 Å². The van der Waals surface area contributed by atoms with Crippen LogP contribution in [0.5, 0.6) is 0 Å². The zero-order valence-corrected chi connectivity index (χ0v) is 15.2. The van der Waals surface area contributed by atoms with Crippen LogP contribution in [-0.4, -0.2) is 29.9 Å². The fourth-order valence-electron chi connectivity index (χ4n) is 3.09. The fourth-order valence-corrected chi connectivity index (χ4v) is 3.09. The van der Waals surface area contributed by atoms with E-state index in [-0.39, 0.29) is 18.5 Å². The van der Waals surface area contributed by atoms with E-state index in [2.05, 4.69) is 5.32 Å². The molecule has 0 saturated carbocycles. The van der Waals surface area contributed by atoms with Crippen LogP contribution < -0.4 is 5.32 Å². The Kier molecular flexibility index (Phi) is 5.56. The van der Waals surface area contributed by atoms with Crippen molar-refractivity contribution in [3.05, 3.63) is 65.2 Å². The molecule has 1 aliphatic rings. The minimum atomic E-state index is -0.500. The van der Waals surface area contributed by atoms with Gasteiger partial charge in [-0.1, -0.05) is 42.0 Å². The van der Waals surface area contributed by atoms with Gasteiger partial charge < -0.3 is 15.0 Å². The minimum Gasteiger partial charge on any atom is -0.459 e. The van der Waals surface area contributed by atoms with Gasteiger partial charge in [0.25, 0.3) is 0 Å². The Labute approximate surface area is 154 Å². The van der Waals surface area contributed by atoms with Gasteiger partial charge in [0.15, 0.2) is 0 Å². The molecule has 3 rings (SSSR count). The molecular formula is C21H24N2O3. The Hall–Kier alpha value is -2.82. The molecule has 0 radical (unpaired) electrons. The molecule has 1 atom stereocenters. The maximum atomic E-state index is 12.5. The number of nitrogens with zero attached hydrogens (tertiary/aromatic N) is 1. The first-order chi connectivity index (χ1) is 12.6. The fraction of sp³-hybridized carbons (Fsp3) is 0.333. The molecule has 0 bridgehead atoms. The van der Waals surface area contributed by atoms with Crippen molar-refractivity contribution in [2.75, 3.05) is 12.4 Å². The Bertz CT molecular complexity index is 769. The van der Waals surface area contributed by atoms with Crippen LogP contribution in [0.3, 0.4) is 0 Å². The number of nitrogens with one attached hydrogen (secondary N) is 1. The van der Waals surface area contributed by atoms with Crippen LogP contribution in [0.25, 0.3) is 0 Å². The molecule has 0 spiro atoms. The van der Waals surface area contributed by atoms with Gasteiger partial charge in [-0.05, 0) is 36.6 Å². The van der Waals surface area contributed by atoms with Gasteiger partial charge in [0.05, 0.1) is 0 Å². The van der Waals surface area contributed by atoms with E-state index in [1.165, 1.54) is 5.56 Å². The number of aryl methyl sites for hydroxylation is 1. The molecule has 1 fully saturated rings. The Balaban J connectivity index is 1.61. The van der Waals surface area contributed by atoms with Crippen molar-refractivity contribution >= 4 is 17.6 Å². The standard InChI is InChI=1S/C21H24N2O3/c1-15-3-5-16(6-4-15)13-23-19(11-12-20(23)24)21(25)26-14-17-7-9-18(22-2)10-8-17/h3-10,19,22H,11-14H2,1-2H3/t19-/m0/s1. The topological polar surface area (TPSA) is 58.6 Å². The van der Waals surface area contributed by atoms with Gasteiger partial charge in [-0.25, -0.2) is 4.79 Å². The number of likely N-dealkylation sites (tertiary alicyclic amines) is 1. The summed E-state index contributed by atoms with van der Waals surface area (Å²) in [7, 11) is 1.86. The van der Waals surface area contributed by atoms with Crippen molar-refractivity contribution in [1.82, 2.24) is 4.90 Å². The van der Waals surface area contributed by atoms with E-state index in [4.69, 9.17) is 4.74 Å². The van der Waals surface area contributed by atoms with E-state index in [1.807, 2.05) is 62.5 Å². The molecule has 0 aliphatic carbocycles. The number of carbonyl (C=O) groups excluding carboxylic acids is 2. The number of rotatable bonds is 6. The van der Waals surface area contributed by atoms with Gasteiger partial charge in [0.2, 0.25) is 5.91 Å². The van der Waals surface area contributed by atoms with Gasteiger partial charge >= 0.3 is 5.97 Å². The molecule has 26 heavy (non-hydrogen) atoms. The number of carbonyl (C=O) groups is 2. The first-order valence-electron chi connectivity index (χ1n) is 8.85. The summed E-state index contributed by atoms with van der Waals surface area (Å²) in [5, 5.41) is 3.05. The van der Waals surface area contributed by atoms with E-state index >= 15 is 0 Å². The molecule has 2 aromatic rings. The average Bonchev–Trinajstić information content (AvgIpc) is 3.02. The monoisotopic (exact) mass is 352 g/mol. The Morgan fingerprint density at radius 2 is 1.77 bits per heavy atom. The van der Waals surface area contributed by atoms with Crippen molar-refractivity contribution in [2.45, 2.75) is 39.0 Å². The van der Waals surface area contributed by atoms with E-state index in [1.54, 1.807) is 4.90 Å². The Morgan fingerprint density at radius 3 is 2.42 bits per heavy atom. The second-order valence-electron chi connectivity index (χ2n) is 6.62. The van der Waals surface area contributed by atoms with Crippen LogP contribution in [0.4, 0.5) is 5.69 Å². The van der Waals surface area contributed by atoms with Crippen LogP contribution in [0.1, 0.15) is 29.5 Å². The lowest BCUT2D eigenvalue weighted by molar-refractivity contribution is -0.153. The van der Waals surface area contributed by atoms with Crippen molar-refractivity contribution in [3.8, 4) is 0 Å². The molecule has 2 aromatic carbocycles. The molecular weight excluding hydrogens is 328 g/mol. The molecule has 1 aliphatic heterocycles. The smallest absolute Gasteiger partial charge is 0.329 e. The molecule has 5 nitrogen and oxygen atoms in total. The summed E-state index contributed by atoms with van der Waals surface area (Å²) in [6.07, 6.45) is 0.907. The highest BCUT2D eigenvalue weighted by Gasteiger charge is 2.37. The number of esters is 1. The van der Waals surface area contributed by atoms with Gasteiger partial charge in [-0.15, -0.1) is 0 Å². The molecule has 0 aromatic heterocycles. The van der Waals surface area contributed by atoms with Crippen molar-refractivity contribution in [3.63, 3.8) is 0 Å². The maximum absolute atomic E-state index is 12.5. The normalized spacial score (nSPS) is 16.6. The van der Waals surface area contributed by atoms with E-state index in [9.17, 15) is 9.59 Å². The first-order valence-corrected chi connectivity index (χ1v) is 8.85. The van der Waals surface area contributed by atoms with Gasteiger partial charge in [0.1, 0.15) is 12.6 Å². The van der Waals surface area contributed by atoms with Crippen molar-refractivity contribution in [1.29, 1.82) is 0 Å². The molecule has 1 saturated heterocycles. The summed E-state index contributed by atoms with van der Waals surface area (Å²) in [6, 6.07) is 15.2. The van der Waals surface area contributed by atoms with E-state index < -0.39 is 6.04 Å². The Morgan fingerprint density at radius 1 is 1.12 bits per heavy atom. The van der Waals surface area contributed by atoms with E-state index in [0.29, 0.717) is 19.4 Å². The molecule has 1 amide bonds. The van der Waals surface area contributed by atoms with Crippen molar-refractivity contribution < 1.29 is 14.3 Å². The predicted molar refractivity (Wildman–Crippen MR) is 101 cm³/mol. The second-order valence-corrected chi connectivity index (χ2v) is 6.62. The highest BCUT2D eigenvalue weighted by atomic mass is 16.5. The molecule has 136 valence electrons. The SMILES string of the molecule is CNc1ccc(COC(=O)[C@@H]2CCC(=O)N2Cc2ccc(C)cc2)cc1. The molecule has 5 heteroatoms. The lowest BCUT2D eigenvalue weighted by Crippen LogP contribution is -2.39. The largest absolute Gasteiger partial charge is 0.459 e. The first kappa shape index (κ1) is 18.0. The third-order valence-corrected chi connectivity index (χ3v) is 4.70. The third kappa shape index (κ3) is 4.23. The average molecular weight is 352 g/mol. The number of anilines is 1. The second kappa shape index (κ2) is 8.04. The highest BCUT2D eigenvalue weighted by molar-refractivity contribution is 5.88. The predicted octanol–water partition coefficient (Wildman–Crippen LogP) is 3.27. The lowest BCUT2D eigenvalue weighted by Gasteiger charge is -2.23. The number of hydrogen-bond donors (Lipinski definition) is 1. The summed E-state index contributed by atoms with van der Waals surface area (Å²) in [6.45, 7) is 2.68. The molecule has 0 unspecified atom stereocenters. The van der Waals surface area contributed by atoms with Gasteiger partial charge in [-0.3, -0.25) is 4.79 Å². The van der Waals surface area contributed by atoms with Crippen LogP contribution in [-0.2, 0) is 27.5 Å². The number of hydrogen-bond acceptors (Lipinski definition) is 4. The summed E-state index contributed by atoms with van der Waals surface area (Å²) >= 11 is 0. The van der Waals surface area contributed by atoms with Gasteiger partial charge in [-0.2, -0.15) is 0 Å². The van der Waals surface area contributed by atoms with Crippen molar-refractivity contribution in [2.24, 2.45) is 0 Å². The zero-order chi connectivity index (χ0) is 18.5. The summed E-state index contributed by atoms with van der Waals surface area (Å²) in [5.41, 5.74) is 4.12. The third-order valence-electron chi connectivity index (χ3n) is 4.70. The summed E-state index contributed by atoms with van der Waals surface area (Å²) in [4.78, 5) is 26.4. The quantitative estimate of drug-likeness (QED) is 0.811. The lowest BCUT2D eigenvalue weighted by atomic mass is 10.1. The van der Waals surface area contributed by atoms with Crippen LogP contribution in [0.15, 0.2) is 48.5 Å².